The molecule has 19 heavy (non-hydrogen) atoms. The highest BCUT2D eigenvalue weighted by Crippen LogP contribution is 2.10. The van der Waals surface area contributed by atoms with Crippen LogP contribution in [0.3, 0.4) is 0 Å². The van der Waals surface area contributed by atoms with E-state index in [0.29, 0.717) is 6.54 Å². The lowest BCUT2D eigenvalue weighted by Crippen LogP contribution is -2.32. The number of aromatic amines is 1. The van der Waals surface area contributed by atoms with Crippen molar-refractivity contribution in [1.29, 1.82) is 0 Å². The van der Waals surface area contributed by atoms with E-state index in [0.717, 1.165) is 11.3 Å². The minimum Gasteiger partial charge on any atom is -0.383 e. The summed E-state index contributed by atoms with van der Waals surface area (Å²) in [6.07, 6.45) is 1.72. The maximum atomic E-state index is 11.7. The molecule has 0 saturated carbocycles. The Balaban J connectivity index is 2.25. The van der Waals surface area contributed by atoms with Gasteiger partial charge in [0.2, 0.25) is 0 Å². The highest BCUT2D eigenvalue weighted by Gasteiger charge is 2.09. The average Bonchev–Trinajstić information content (AvgIpc) is 2.38. The maximum Gasteiger partial charge on any atom is 0.329 e. The summed E-state index contributed by atoms with van der Waals surface area (Å²) in [5, 5.41) is 2.92. The summed E-state index contributed by atoms with van der Waals surface area (Å²) >= 11 is 0. The maximum absolute atomic E-state index is 11.7. The van der Waals surface area contributed by atoms with Crippen molar-refractivity contribution in [3.05, 3.63) is 50.4 Å². The van der Waals surface area contributed by atoms with E-state index < -0.39 is 11.2 Å². The van der Waals surface area contributed by atoms with Crippen LogP contribution in [0.15, 0.2) is 27.9 Å². The summed E-state index contributed by atoms with van der Waals surface area (Å²) in [4.78, 5) is 29.3. The van der Waals surface area contributed by atoms with Crippen LogP contribution in [0.4, 0.5) is 11.5 Å². The molecule has 0 aliphatic carbocycles. The minimum atomic E-state index is -0.537. The van der Waals surface area contributed by atoms with Crippen molar-refractivity contribution in [3.8, 4) is 0 Å². The molecule has 0 saturated heterocycles. The van der Waals surface area contributed by atoms with E-state index in [2.05, 4.69) is 15.3 Å². The number of rotatable bonds is 3. The van der Waals surface area contributed by atoms with Gasteiger partial charge < -0.3 is 11.1 Å². The quantitative estimate of drug-likeness (QED) is 0.719. The molecule has 0 radical (unpaired) electrons. The van der Waals surface area contributed by atoms with Gasteiger partial charge in [-0.1, -0.05) is 6.07 Å². The fourth-order valence-electron chi connectivity index (χ4n) is 1.60. The Labute approximate surface area is 109 Å². The van der Waals surface area contributed by atoms with Gasteiger partial charge in [0.1, 0.15) is 11.5 Å². The monoisotopic (exact) mass is 261 g/mol. The first-order valence-corrected chi connectivity index (χ1v) is 5.73. The standard InChI is InChI=1S/C12H15N5O2/c1-7-3-4-8(5-14-7)6-15-9-10(13)17(2)12(19)16-11(9)18/h3-5,15H,6,13H2,1-2H3,(H,16,18,19). The summed E-state index contributed by atoms with van der Waals surface area (Å²) in [7, 11) is 1.49. The van der Waals surface area contributed by atoms with E-state index in [-0.39, 0.29) is 11.5 Å². The lowest BCUT2D eigenvalue weighted by Gasteiger charge is -2.10. The smallest absolute Gasteiger partial charge is 0.329 e. The van der Waals surface area contributed by atoms with Gasteiger partial charge in [-0.2, -0.15) is 0 Å². The van der Waals surface area contributed by atoms with Gasteiger partial charge in [-0.3, -0.25) is 19.3 Å². The Kier molecular flexibility index (Phi) is 3.37. The number of aromatic nitrogens is 3. The molecule has 0 aromatic carbocycles. The number of nitrogen functional groups attached to an aromatic ring is 1. The molecule has 0 amide bonds. The zero-order valence-corrected chi connectivity index (χ0v) is 10.7. The number of aryl methyl sites for hydroxylation is 1. The van der Waals surface area contributed by atoms with Crippen molar-refractivity contribution in [3.63, 3.8) is 0 Å². The van der Waals surface area contributed by atoms with E-state index in [1.165, 1.54) is 11.6 Å². The Hall–Kier alpha value is -2.57. The van der Waals surface area contributed by atoms with Gasteiger partial charge >= 0.3 is 5.69 Å². The largest absolute Gasteiger partial charge is 0.383 e. The summed E-state index contributed by atoms with van der Waals surface area (Å²) in [6.45, 7) is 2.30. The third kappa shape index (κ3) is 2.65. The molecular formula is C12H15N5O2. The zero-order valence-electron chi connectivity index (χ0n) is 10.7. The number of hydrogen-bond acceptors (Lipinski definition) is 5. The SMILES string of the molecule is Cc1ccc(CNc2c(N)n(C)c(=O)[nH]c2=O)cn1. The van der Waals surface area contributed by atoms with Gasteiger partial charge in [0, 0.05) is 25.5 Å². The molecule has 100 valence electrons. The Bertz CT molecular complexity index is 700. The molecule has 7 heteroatoms. The van der Waals surface area contributed by atoms with Crippen LogP contribution < -0.4 is 22.3 Å². The first-order chi connectivity index (χ1) is 8.99. The van der Waals surface area contributed by atoms with E-state index in [4.69, 9.17) is 5.73 Å². The second-order valence-corrected chi connectivity index (χ2v) is 4.24. The molecule has 0 atom stereocenters. The third-order valence-corrected chi connectivity index (χ3v) is 2.81. The summed E-state index contributed by atoms with van der Waals surface area (Å²) in [6, 6.07) is 3.78. The molecule has 2 aromatic rings. The number of pyridine rings is 1. The van der Waals surface area contributed by atoms with Gasteiger partial charge in [0.05, 0.1) is 0 Å². The van der Waals surface area contributed by atoms with Crippen LogP contribution in [0.25, 0.3) is 0 Å². The van der Waals surface area contributed by atoms with Crippen molar-refractivity contribution in [2.24, 2.45) is 7.05 Å². The van der Waals surface area contributed by atoms with Gasteiger partial charge in [-0.05, 0) is 18.6 Å². The highest BCUT2D eigenvalue weighted by atomic mass is 16.2. The average molecular weight is 261 g/mol. The number of nitrogens with zero attached hydrogens (tertiary/aromatic N) is 2. The molecule has 7 nitrogen and oxygen atoms in total. The summed E-state index contributed by atoms with van der Waals surface area (Å²) in [5.74, 6) is 0.105. The minimum absolute atomic E-state index is 0.105. The van der Waals surface area contributed by atoms with Crippen molar-refractivity contribution in [2.75, 3.05) is 11.1 Å². The first-order valence-electron chi connectivity index (χ1n) is 5.73. The van der Waals surface area contributed by atoms with Crippen LogP contribution in [0.5, 0.6) is 0 Å². The fourth-order valence-corrected chi connectivity index (χ4v) is 1.60. The molecule has 2 rings (SSSR count). The molecule has 2 heterocycles. The topological polar surface area (TPSA) is 106 Å². The number of nitrogens with two attached hydrogens (primary N) is 1. The van der Waals surface area contributed by atoms with Gasteiger partial charge in [0.25, 0.3) is 5.56 Å². The molecule has 4 N–H and O–H groups in total. The number of anilines is 2. The molecular weight excluding hydrogens is 246 g/mol. The van der Waals surface area contributed by atoms with E-state index in [1.807, 2.05) is 19.1 Å². The molecule has 0 unspecified atom stereocenters. The summed E-state index contributed by atoms with van der Waals surface area (Å²) < 4.78 is 1.18. The predicted octanol–water partition coefficient (Wildman–Crippen LogP) is -0.0287. The van der Waals surface area contributed by atoms with Crippen LogP contribution in [0.1, 0.15) is 11.3 Å². The fraction of sp³-hybridized carbons (Fsp3) is 0.250. The number of nitrogens with one attached hydrogen (secondary N) is 2. The molecule has 0 bridgehead atoms. The van der Waals surface area contributed by atoms with Crippen LogP contribution in [-0.2, 0) is 13.6 Å². The summed E-state index contributed by atoms with van der Waals surface area (Å²) in [5.41, 5.74) is 6.69. The van der Waals surface area contributed by atoms with Crippen LogP contribution in [-0.4, -0.2) is 14.5 Å². The van der Waals surface area contributed by atoms with Gasteiger partial charge in [0.15, 0.2) is 0 Å². The van der Waals surface area contributed by atoms with Crippen molar-refractivity contribution in [2.45, 2.75) is 13.5 Å². The highest BCUT2D eigenvalue weighted by molar-refractivity contribution is 5.60. The Morgan fingerprint density at radius 2 is 2.16 bits per heavy atom. The lowest BCUT2D eigenvalue weighted by atomic mass is 10.2. The molecule has 0 aliphatic rings. The van der Waals surface area contributed by atoms with E-state index in [9.17, 15) is 9.59 Å². The molecule has 0 aliphatic heterocycles. The molecule has 0 spiro atoms. The normalized spacial score (nSPS) is 10.4. The van der Waals surface area contributed by atoms with Crippen molar-refractivity contribution < 1.29 is 0 Å². The molecule has 0 fully saturated rings. The second-order valence-electron chi connectivity index (χ2n) is 4.24. The third-order valence-electron chi connectivity index (χ3n) is 2.81. The predicted molar refractivity (Wildman–Crippen MR) is 73.0 cm³/mol. The van der Waals surface area contributed by atoms with Crippen LogP contribution >= 0.6 is 0 Å². The Morgan fingerprint density at radius 1 is 1.42 bits per heavy atom. The number of H-pyrrole nitrogens is 1. The van der Waals surface area contributed by atoms with Gasteiger partial charge in [-0.25, -0.2) is 4.79 Å². The van der Waals surface area contributed by atoms with E-state index >= 15 is 0 Å². The van der Waals surface area contributed by atoms with E-state index in [1.54, 1.807) is 6.20 Å². The van der Waals surface area contributed by atoms with Crippen molar-refractivity contribution in [1.82, 2.24) is 14.5 Å². The first kappa shape index (κ1) is 12.9. The number of hydrogen-bond donors (Lipinski definition) is 3. The van der Waals surface area contributed by atoms with Gasteiger partial charge in [-0.15, -0.1) is 0 Å². The Morgan fingerprint density at radius 3 is 2.79 bits per heavy atom. The van der Waals surface area contributed by atoms with Crippen LogP contribution in [0, 0.1) is 6.92 Å². The zero-order chi connectivity index (χ0) is 14.0. The van der Waals surface area contributed by atoms with Crippen molar-refractivity contribution >= 4 is 11.5 Å². The lowest BCUT2D eigenvalue weighted by molar-refractivity contribution is 0.812. The van der Waals surface area contributed by atoms with Crippen LogP contribution in [0.2, 0.25) is 0 Å². The second kappa shape index (κ2) is 4.97. The molecule has 2 aromatic heterocycles.